The summed E-state index contributed by atoms with van der Waals surface area (Å²) in [5.74, 6) is 1.82. The van der Waals surface area contributed by atoms with Gasteiger partial charge in [0.1, 0.15) is 5.82 Å². The minimum absolute atomic E-state index is 0.167. The molecule has 23 heavy (non-hydrogen) atoms. The maximum Gasteiger partial charge on any atom is 0.224 e. The van der Waals surface area contributed by atoms with Crippen molar-refractivity contribution in [3.8, 4) is 11.5 Å². The molecular weight excluding hydrogens is 314 g/mol. The monoisotopic (exact) mass is 329 g/mol. The average Bonchev–Trinajstić information content (AvgIpc) is 2.55. The van der Waals surface area contributed by atoms with Crippen LogP contribution in [0.5, 0.6) is 11.5 Å². The number of aromatic nitrogens is 2. The highest BCUT2D eigenvalue weighted by Crippen LogP contribution is 2.35. The van der Waals surface area contributed by atoms with Crippen LogP contribution in [-0.4, -0.2) is 24.2 Å². The smallest absolute Gasteiger partial charge is 0.224 e. The SMILES string of the molecule is COc1cc2nc(Cl)nc(Nc3ccccc3C)c2cc1OC. The Bertz CT molecular complexity index is 868. The molecule has 3 aromatic rings. The van der Waals surface area contributed by atoms with E-state index in [9.17, 15) is 0 Å². The van der Waals surface area contributed by atoms with Crippen LogP contribution in [0.1, 0.15) is 5.56 Å². The molecule has 0 fully saturated rings. The van der Waals surface area contributed by atoms with Gasteiger partial charge in [0.15, 0.2) is 11.5 Å². The highest BCUT2D eigenvalue weighted by atomic mass is 35.5. The van der Waals surface area contributed by atoms with Gasteiger partial charge in [0.05, 0.1) is 19.7 Å². The number of rotatable bonds is 4. The van der Waals surface area contributed by atoms with E-state index in [4.69, 9.17) is 21.1 Å². The van der Waals surface area contributed by atoms with Gasteiger partial charge in [-0.1, -0.05) is 18.2 Å². The topological polar surface area (TPSA) is 56.3 Å². The Morgan fingerprint density at radius 2 is 1.70 bits per heavy atom. The maximum absolute atomic E-state index is 6.06. The summed E-state index contributed by atoms with van der Waals surface area (Å²) in [6, 6.07) is 11.6. The van der Waals surface area contributed by atoms with E-state index in [1.54, 1.807) is 20.3 Å². The number of nitrogens with one attached hydrogen (secondary N) is 1. The van der Waals surface area contributed by atoms with E-state index in [0.717, 1.165) is 16.6 Å². The molecule has 0 saturated carbocycles. The number of anilines is 2. The van der Waals surface area contributed by atoms with Crippen molar-refractivity contribution >= 4 is 34.0 Å². The number of halogens is 1. The maximum atomic E-state index is 6.06. The first-order valence-electron chi connectivity index (χ1n) is 7.04. The van der Waals surface area contributed by atoms with Gasteiger partial charge in [-0.05, 0) is 36.2 Å². The Morgan fingerprint density at radius 3 is 2.39 bits per heavy atom. The van der Waals surface area contributed by atoms with E-state index in [1.807, 2.05) is 37.3 Å². The van der Waals surface area contributed by atoms with Crippen molar-refractivity contribution in [1.82, 2.24) is 9.97 Å². The lowest BCUT2D eigenvalue weighted by molar-refractivity contribution is 0.356. The quantitative estimate of drug-likeness (QED) is 0.721. The third-order valence-corrected chi connectivity index (χ3v) is 3.74. The predicted molar refractivity (Wildman–Crippen MR) is 92.1 cm³/mol. The Kier molecular flexibility index (Phi) is 4.21. The van der Waals surface area contributed by atoms with Crippen LogP contribution in [0.15, 0.2) is 36.4 Å². The van der Waals surface area contributed by atoms with Crippen molar-refractivity contribution in [1.29, 1.82) is 0 Å². The Morgan fingerprint density at radius 1 is 1.00 bits per heavy atom. The second-order valence-corrected chi connectivity index (χ2v) is 5.34. The Hall–Kier alpha value is -2.53. The molecule has 0 amide bonds. The fourth-order valence-electron chi connectivity index (χ4n) is 2.36. The van der Waals surface area contributed by atoms with E-state index in [-0.39, 0.29) is 5.28 Å². The number of fused-ring (bicyclic) bond motifs is 1. The molecule has 5 nitrogen and oxygen atoms in total. The number of methoxy groups -OCH3 is 2. The summed E-state index contributed by atoms with van der Waals surface area (Å²) in [4.78, 5) is 8.58. The normalized spacial score (nSPS) is 10.6. The molecule has 0 aliphatic rings. The molecule has 0 bridgehead atoms. The van der Waals surface area contributed by atoms with Crippen molar-refractivity contribution in [2.75, 3.05) is 19.5 Å². The number of benzene rings is 2. The van der Waals surface area contributed by atoms with E-state index >= 15 is 0 Å². The lowest BCUT2D eigenvalue weighted by Gasteiger charge is -2.13. The van der Waals surface area contributed by atoms with E-state index in [0.29, 0.717) is 22.8 Å². The Labute approximate surface area is 139 Å². The van der Waals surface area contributed by atoms with Gasteiger partial charge in [-0.3, -0.25) is 0 Å². The minimum atomic E-state index is 0.167. The van der Waals surface area contributed by atoms with Crippen molar-refractivity contribution in [3.05, 3.63) is 47.2 Å². The van der Waals surface area contributed by atoms with Crippen LogP contribution in [0.3, 0.4) is 0 Å². The first-order valence-corrected chi connectivity index (χ1v) is 7.42. The fourth-order valence-corrected chi connectivity index (χ4v) is 2.54. The van der Waals surface area contributed by atoms with Crippen LogP contribution in [0, 0.1) is 6.92 Å². The number of aryl methyl sites for hydroxylation is 1. The van der Waals surface area contributed by atoms with Crippen molar-refractivity contribution < 1.29 is 9.47 Å². The molecule has 1 N–H and O–H groups in total. The van der Waals surface area contributed by atoms with E-state index < -0.39 is 0 Å². The fraction of sp³-hybridized carbons (Fsp3) is 0.176. The first-order chi connectivity index (χ1) is 11.1. The van der Waals surface area contributed by atoms with Gasteiger partial charge in [-0.2, -0.15) is 4.98 Å². The second-order valence-electron chi connectivity index (χ2n) is 5.01. The van der Waals surface area contributed by atoms with Crippen LogP contribution in [0.25, 0.3) is 10.9 Å². The van der Waals surface area contributed by atoms with Gasteiger partial charge in [0.25, 0.3) is 0 Å². The molecule has 0 spiro atoms. The molecule has 3 rings (SSSR count). The van der Waals surface area contributed by atoms with Crippen LogP contribution < -0.4 is 14.8 Å². The zero-order valence-corrected chi connectivity index (χ0v) is 13.8. The molecule has 0 aliphatic carbocycles. The zero-order valence-electron chi connectivity index (χ0n) is 13.1. The third-order valence-electron chi connectivity index (χ3n) is 3.57. The largest absolute Gasteiger partial charge is 0.493 e. The van der Waals surface area contributed by atoms with Crippen molar-refractivity contribution in [2.45, 2.75) is 6.92 Å². The summed E-state index contributed by atoms with van der Waals surface area (Å²) < 4.78 is 10.7. The highest BCUT2D eigenvalue weighted by Gasteiger charge is 2.13. The third kappa shape index (κ3) is 3.00. The summed E-state index contributed by atoms with van der Waals surface area (Å²) in [7, 11) is 3.17. The molecule has 1 heterocycles. The minimum Gasteiger partial charge on any atom is -0.493 e. The number of para-hydroxylation sites is 1. The van der Waals surface area contributed by atoms with Crippen molar-refractivity contribution in [3.63, 3.8) is 0 Å². The number of hydrogen-bond donors (Lipinski definition) is 1. The van der Waals surface area contributed by atoms with Crippen LogP contribution in [0.2, 0.25) is 5.28 Å². The lowest BCUT2D eigenvalue weighted by Crippen LogP contribution is -2.00. The average molecular weight is 330 g/mol. The molecule has 0 aliphatic heterocycles. The number of hydrogen-bond acceptors (Lipinski definition) is 5. The van der Waals surface area contributed by atoms with E-state index in [2.05, 4.69) is 15.3 Å². The molecule has 0 unspecified atom stereocenters. The molecule has 1 aromatic heterocycles. The van der Waals surface area contributed by atoms with Gasteiger partial charge in [-0.25, -0.2) is 4.98 Å². The number of nitrogens with zero attached hydrogens (tertiary/aromatic N) is 2. The molecule has 0 atom stereocenters. The zero-order chi connectivity index (χ0) is 16.4. The summed E-state index contributed by atoms with van der Waals surface area (Å²) in [6.45, 7) is 2.02. The second kappa shape index (κ2) is 6.30. The first kappa shape index (κ1) is 15.4. The van der Waals surface area contributed by atoms with Gasteiger partial charge < -0.3 is 14.8 Å². The summed E-state index contributed by atoms with van der Waals surface area (Å²) in [6.07, 6.45) is 0. The summed E-state index contributed by atoms with van der Waals surface area (Å²) >= 11 is 6.06. The lowest BCUT2D eigenvalue weighted by atomic mass is 10.1. The molecule has 2 aromatic carbocycles. The van der Waals surface area contributed by atoms with Crippen LogP contribution in [0.4, 0.5) is 11.5 Å². The standard InChI is InChI=1S/C17H16ClN3O2/c1-10-6-4-5-7-12(10)19-16-11-8-14(22-2)15(23-3)9-13(11)20-17(18)21-16/h4-9H,1-3H3,(H,19,20,21). The van der Waals surface area contributed by atoms with Crippen LogP contribution in [-0.2, 0) is 0 Å². The van der Waals surface area contributed by atoms with Gasteiger partial charge in [0, 0.05) is 17.1 Å². The highest BCUT2D eigenvalue weighted by molar-refractivity contribution is 6.28. The molecule has 118 valence electrons. The molecule has 0 saturated heterocycles. The van der Waals surface area contributed by atoms with Gasteiger partial charge in [0.2, 0.25) is 5.28 Å². The van der Waals surface area contributed by atoms with Gasteiger partial charge >= 0.3 is 0 Å². The van der Waals surface area contributed by atoms with Crippen molar-refractivity contribution in [2.24, 2.45) is 0 Å². The summed E-state index contributed by atoms with van der Waals surface area (Å²) in [5, 5.41) is 4.28. The Balaban J connectivity index is 2.17. The predicted octanol–water partition coefficient (Wildman–Crippen LogP) is 4.35. The molecule has 0 radical (unpaired) electrons. The molecule has 6 heteroatoms. The van der Waals surface area contributed by atoms with Crippen LogP contribution >= 0.6 is 11.6 Å². The summed E-state index contributed by atoms with van der Waals surface area (Å²) in [5.41, 5.74) is 2.74. The number of ether oxygens (including phenoxy) is 2. The molecular formula is C17H16ClN3O2. The van der Waals surface area contributed by atoms with Gasteiger partial charge in [-0.15, -0.1) is 0 Å². The van der Waals surface area contributed by atoms with E-state index in [1.165, 1.54) is 0 Å².